The maximum absolute atomic E-state index is 13.3. The van der Waals surface area contributed by atoms with Gasteiger partial charge in [0.1, 0.15) is 5.60 Å². The van der Waals surface area contributed by atoms with Gasteiger partial charge in [-0.25, -0.2) is 0 Å². The smallest absolute Gasteiger partial charge is 0.309 e. The van der Waals surface area contributed by atoms with E-state index in [9.17, 15) is 13.2 Å². The topological polar surface area (TPSA) is 69.7 Å². The molecule has 5 nitrogen and oxygen atoms in total. The van der Waals surface area contributed by atoms with Crippen LogP contribution in [0.2, 0.25) is 0 Å². The summed E-state index contributed by atoms with van der Waals surface area (Å²) in [5, 5.41) is 0. The summed E-state index contributed by atoms with van der Waals surface area (Å²) in [6.45, 7) is 7.66. The lowest BCUT2D eigenvalue weighted by molar-refractivity contribution is -0.163. The van der Waals surface area contributed by atoms with Gasteiger partial charge in [0, 0.05) is 3.57 Å². The molecule has 0 radical (unpaired) electrons. The molecule has 2 atom stereocenters. The number of aryl methyl sites for hydroxylation is 3. The Hall–Kier alpha value is -1.45. The van der Waals surface area contributed by atoms with E-state index < -0.39 is 21.6 Å². The number of ether oxygens (including phenoxy) is 1. The summed E-state index contributed by atoms with van der Waals surface area (Å²) in [5.41, 5.74) is 3.13. The first-order chi connectivity index (χ1) is 16.4. The molecule has 0 aromatic heterocycles. The van der Waals surface area contributed by atoms with Crippen molar-refractivity contribution in [2.75, 3.05) is 12.9 Å². The minimum Gasteiger partial charge on any atom is -0.460 e. The summed E-state index contributed by atoms with van der Waals surface area (Å²) in [5.74, 6) is -0.712. The van der Waals surface area contributed by atoms with E-state index in [0.717, 1.165) is 38.4 Å². The Morgan fingerprint density at radius 2 is 1.37 bits per heavy atom. The molecule has 2 rings (SSSR count). The van der Waals surface area contributed by atoms with Crippen molar-refractivity contribution in [1.82, 2.24) is 0 Å². The number of hydrogen-bond donors (Lipinski definition) is 0. The predicted molar refractivity (Wildman–Crippen MR) is 150 cm³/mol. The lowest BCUT2D eigenvalue weighted by Gasteiger charge is -2.29. The SMILES string of the molecule is CCc1ccc(CCC(CCc2ccc(I)cc2)C(CCOS(C)(=O)=O)C(=O)OC(C)(C)C)cc1. The van der Waals surface area contributed by atoms with E-state index in [1.807, 2.05) is 20.8 Å². The van der Waals surface area contributed by atoms with Crippen molar-refractivity contribution in [3.8, 4) is 0 Å². The van der Waals surface area contributed by atoms with Crippen molar-refractivity contribution in [2.24, 2.45) is 11.8 Å². The Balaban J connectivity index is 2.24. The van der Waals surface area contributed by atoms with Crippen LogP contribution < -0.4 is 0 Å². The van der Waals surface area contributed by atoms with Crippen LogP contribution in [0.25, 0.3) is 0 Å². The van der Waals surface area contributed by atoms with Crippen LogP contribution in [-0.4, -0.2) is 32.9 Å². The van der Waals surface area contributed by atoms with E-state index in [1.165, 1.54) is 20.3 Å². The zero-order valence-corrected chi connectivity index (χ0v) is 24.5. The fraction of sp³-hybridized carbons (Fsp3) is 0.536. The minimum absolute atomic E-state index is 0.0261. The van der Waals surface area contributed by atoms with Crippen molar-refractivity contribution in [3.05, 3.63) is 68.8 Å². The fourth-order valence-corrected chi connectivity index (χ4v) is 4.85. The zero-order chi connectivity index (χ0) is 26.1. The van der Waals surface area contributed by atoms with Crippen LogP contribution in [0.3, 0.4) is 0 Å². The molecule has 0 aliphatic rings. The molecule has 35 heavy (non-hydrogen) atoms. The molecule has 2 unspecified atom stereocenters. The summed E-state index contributed by atoms with van der Waals surface area (Å²) < 4.78 is 35.1. The van der Waals surface area contributed by atoms with Crippen LogP contribution in [-0.2, 0) is 43.1 Å². The minimum atomic E-state index is -3.58. The molecule has 0 aliphatic heterocycles. The lowest BCUT2D eigenvalue weighted by atomic mass is 9.81. The average Bonchev–Trinajstić information content (AvgIpc) is 2.77. The highest BCUT2D eigenvalue weighted by molar-refractivity contribution is 14.1. The van der Waals surface area contributed by atoms with Gasteiger partial charge in [0.25, 0.3) is 10.1 Å². The molecule has 0 heterocycles. The van der Waals surface area contributed by atoms with Gasteiger partial charge >= 0.3 is 5.97 Å². The van der Waals surface area contributed by atoms with Crippen molar-refractivity contribution in [3.63, 3.8) is 0 Å². The molecule has 194 valence electrons. The molecule has 0 amide bonds. The normalized spacial score (nSPS) is 13.9. The van der Waals surface area contributed by atoms with Crippen molar-refractivity contribution in [2.45, 2.75) is 71.8 Å². The van der Waals surface area contributed by atoms with Gasteiger partial charge in [0.2, 0.25) is 0 Å². The number of rotatable bonds is 13. The quantitative estimate of drug-likeness (QED) is 0.149. The third kappa shape index (κ3) is 11.9. The first-order valence-electron chi connectivity index (χ1n) is 12.3. The Morgan fingerprint density at radius 3 is 1.83 bits per heavy atom. The van der Waals surface area contributed by atoms with Gasteiger partial charge in [-0.15, -0.1) is 0 Å². The third-order valence-corrected chi connectivity index (χ3v) is 7.27. The molecule has 0 fully saturated rings. The standard InChI is InChI=1S/C28H39IO5S/c1-6-21-7-9-22(10-8-21)11-15-24(16-12-23-13-17-25(29)18-14-23)26(19-20-33-35(5,31)32)27(30)34-28(2,3)4/h7-10,13-14,17-18,24,26H,6,11-12,15-16,19-20H2,1-5H3. The number of carbonyl (C=O) groups excluding carboxylic acids is 1. The van der Waals surface area contributed by atoms with E-state index >= 15 is 0 Å². The Kier molecular flexibility index (Phi) is 11.7. The zero-order valence-electron chi connectivity index (χ0n) is 21.6. The molecular weight excluding hydrogens is 575 g/mol. The Bertz CT molecular complexity index is 1020. The van der Waals surface area contributed by atoms with E-state index in [1.54, 1.807) is 0 Å². The number of benzene rings is 2. The van der Waals surface area contributed by atoms with Crippen LogP contribution in [0.15, 0.2) is 48.5 Å². The molecule has 0 N–H and O–H groups in total. The van der Waals surface area contributed by atoms with Gasteiger partial charge in [0.15, 0.2) is 0 Å². The lowest BCUT2D eigenvalue weighted by Crippen LogP contribution is -2.34. The van der Waals surface area contributed by atoms with Gasteiger partial charge in [-0.3, -0.25) is 8.98 Å². The Morgan fingerprint density at radius 1 is 0.886 bits per heavy atom. The molecule has 0 saturated carbocycles. The van der Waals surface area contributed by atoms with E-state index in [2.05, 4.69) is 78.0 Å². The first-order valence-corrected chi connectivity index (χ1v) is 15.2. The van der Waals surface area contributed by atoms with Crippen molar-refractivity contribution in [1.29, 1.82) is 0 Å². The molecule has 0 bridgehead atoms. The van der Waals surface area contributed by atoms with E-state index in [0.29, 0.717) is 6.42 Å². The summed E-state index contributed by atoms with van der Waals surface area (Å²) in [6, 6.07) is 17.0. The number of carbonyl (C=O) groups is 1. The monoisotopic (exact) mass is 614 g/mol. The molecule has 2 aromatic carbocycles. The highest BCUT2D eigenvalue weighted by atomic mass is 127. The summed E-state index contributed by atoms with van der Waals surface area (Å²) in [7, 11) is -3.58. The second kappa shape index (κ2) is 13.7. The van der Waals surface area contributed by atoms with E-state index in [-0.39, 0.29) is 18.5 Å². The molecule has 7 heteroatoms. The van der Waals surface area contributed by atoms with Gasteiger partial charge in [0.05, 0.1) is 18.8 Å². The maximum atomic E-state index is 13.3. The van der Waals surface area contributed by atoms with Crippen LogP contribution in [0, 0.1) is 15.4 Å². The van der Waals surface area contributed by atoms with E-state index in [4.69, 9.17) is 8.92 Å². The number of hydrogen-bond acceptors (Lipinski definition) is 5. The molecular formula is C28H39IO5S. The number of halogens is 1. The van der Waals surface area contributed by atoms with Gasteiger partial charge in [-0.2, -0.15) is 8.42 Å². The van der Waals surface area contributed by atoms with Crippen LogP contribution in [0.5, 0.6) is 0 Å². The Labute approximate surface area is 225 Å². The number of esters is 1. The summed E-state index contributed by atoms with van der Waals surface area (Å²) >= 11 is 2.29. The second-order valence-electron chi connectivity index (χ2n) is 10.1. The second-order valence-corrected chi connectivity index (χ2v) is 13.0. The van der Waals surface area contributed by atoms with Crippen LogP contribution in [0.1, 0.15) is 63.6 Å². The van der Waals surface area contributed by atoms with Crippen LogP contribution >= 0.6 is 22.6 Å². The molecule has 0 saturated heterocycles. The summed E-state index contributed by atoms with van der Waals surface area (Å²) in [6.07, 6.45) is 5.61. The first kappa shape index (κ1) is 29.8. The van der Waals surface area contributed by atoms with Gasteiger partial charge < -0.3 is 4.74 Å². The van der Waals surface area contributed by atoms with Gasteiger partial charge in [-0.05, 0) is 117 Å². The predicted octanol–water partition coefficient (Wildman–Crippen LogP) is 6.36. The fourth-order valence-electron chi connectivity index (χ4n) is 4.09. The highest BCUT2D eigenvalue weighted by Crippen LogP contribution is 2.30. The summed E-state index contributed by atoms with van der Waals surface area (Å²) in [4.78, 5) is 13.3. The molecule has 0 spiro atoms. The average molecular weight is 615 g/mol. The van der Waals surface area contributed by atoms with Crippen molar-refractivity contribution >= 4 is 38.7 Å². The van der Waals surface area contributed by atoms with Crippen molar-refractivity contribution < 1.29 is 22.1 Å². The molecule has 0 aliphatic carbocycles. The van der Waals surface area contributed by atoms with Crippen LogP contribution in [0.4, 0.5) is 0 Å². The molecule has 2 aromatic rings. The van der Waals surface area contributed by atoms with Gasteiger partial charge in [-0.1, -0.05) is 43.3 Å². The highest BCUT2D eigenvalue weighted by Gasteiger charge is 2.32. The third-order valence-electron chi connectivity index (χ3n) is 5.96. The largest absolute Gasteiger partial charge is 0.460 e. The maximum Gasteiger partial charge on any atom is 0.309 e.